The van der Waals surface area contributed by atoms with Crippen molar-refractivity contribution in [2.75, 3.05) is 45.6 Å². The fourth-order valence-electron chi connectivity index (χ4n) is 2.40. The normalized spacial score (nSPS) is 21.1. The molecule has 1 unspecified atom stereocenters. The molecule has 0 radical (unpaired) electrons. The SMILES string of the molecule is CCSC1CCCCN(CC(=O)NCCCOC)C1. The first kappa shape index (κ1) is 16.8. The van der Waals surface area contributed by atoms with E-state index in [9.17, 15) is 4.79 Å². The number of amides is 1. The lowest BCUT2D eigenvalue weighted by Crippen LogP contribution is -2.40. The highest BCUT2D eigenvalue weighted by molar-refractivity contribution is 7.99. The second-order valence-corrected chi connectivity index (χ2v) is 6.58. The molecule has 1 heterocycles. The number of thioether (sulfide) groups is 1. The standard InChI is InChI=1S/C14H28N2O2S/c1-3-19-13-7-4-5-9-16(11-13)12-14(17)15-8-6-10-18-2/h13H,3-12H2,1-2H3,(H,15,17). The third-order valence-corrected chi connectivity index (χ3v) is 4.52. The van der Waals surface area contributed by atoms with Gasteiger partial charge in [-0.1, -0.05) is 13.3 Å². The van der Waals surface area contributed by atoms with Gasteiger partial charge in [-0.25, -0.2) is 0 Å². The van der Waals surface area contributed by atoms with E-state index in [0.717, 1.165) is 19.5 Å². The van der Waals surface area contributed by atoms with Gasteiger partial charge in [-0.2, -0.15) is 11.8 Å². The summed E-state index contributed by atoms with van der Waals surface area (Å²) in [6.07, 6.45) is 4.70. The van der Waals surface area contributed by atoms with Crippen LogP contribution in [0.5, 0.6) is 0 Å². The van der Waals surface area contributed by atoms with Gasteiger partial charge in [-0.05, 0) is 31.6 Å². The van der Waals surface area contributed by atoms with Crippen LogP contribution in [0.3, 0.4) is 0 Å². The molecule has 4 nitrogen and oxygen atoms in total. The van der Waals surface area contributed by atoms with Gasteiger partial charge in [0.05, 0.1) is 6.54 Å². The summed E-state index contributed by atoms with van der Waals surface area (Å²) in [6, 6.07) is 0. The van der Waals surface area contributed by atoms with Crippen LogP contribution < -0.4 is 5.32 Å². The van der Waals surface area contributed by atoms with E-state index in [1.807, 2.05) is 11.8 Å². The molecule has 0 bridgehead atoms. The Morgan fingerprint density at radius 2 is 2.32 bits per heavy atom. The van der Waals surface area contributed by atoms with E-state index in [2.05, 4.69) is 17.1 Å². The minimum absolute atomic E-state index is 0.151. The van der Waals surface area contributed by atoms with Crippen LogP contribution in [0.2, 0.25) is 0 Å². The van der Waals surface area contributed by atoms with E-state index in [1.165, 1.54) is 25.0 Å². The van der Waals surface area contributed by atoms with Crippen LogP contribution in [-0.4, -0.2) is 61.7 Å². The molecule has 1 aliphatic rings. The van der Waals surface area contributed by atoms with Crippen molar-refractivity contribution in [2.45, 2.75) is 37.9 Å². The molecule has 1 saturated heterocycles. The number of carbonyl (C=O) groups is 1. The summed E-state index contributed by atoms with van der Waals surface area (Å²) in [4.78, 5) is 14.2. The Bertz CT molecular complexity index is 252. The molecule has 112 valence electrons. The van der Waals surface area contributed by atoms with Crippen LogP contribution in [0.25, 0.3) is 0 Å². The molecule has 0 aliphatic carbocycles. The smallest absolute Gasteiger partial charge is 0.234 e. The zero-order valence-electron chi connectivity index (χ0n) is 12.3. The molecular weight excluding hydrogens is 260 g/mol. The van der Waals surface area contributed by atoms with Gasteiger partial charge < -0.3 is 10.1 Å². The number of hydrogen-bond donors (Lipinski definition) is 1. The lowest BCUT2D eigenvalue weighted by molar-refractivity contribution is -0.122. The van der Waals surface area contributed by atoms with Crippen LogP contribution in [0.4, 0.5) is 0 Å². The molecule has 0 aromatic carbocycles. The molecule has 1 fully saturated rings. The highest BCUT2D eigenvalue weighted by atomic mass is 32.2. The Hall–Kier alpha value is -0.260. The Labute approximate surface area is 121 Å². The number of rotatable bonds is 8. The average Bonchev–Trinajstić information content (AvgIpc) is 2.60. The minimum Gasteiger partial charge on any atom is -0.385 e. The number of carbonyl (C=O) groups excluding carboxylic acids is 1. The molecule has 0 aromatic rings. The summed E-state index contributed by atoms with van der Waals surface area (Å²) < 4.78 is 4.97. The molecule has 1 rings (SSSR count). The molecule has 5 heteroatoms. The molecule has 0 spiro atoms. The van der Waals surface area contributed by atoms with Crippen LogP contribution in [0, 0.1) is 0 Å². The van der Waals surface area contributed by atoms with Gasteiger partial charge in [0.15, 0.2) is 0 Å². The fourth-order valence-corrected chi connectivity index (χ4v) is 3.52. The Morgan fingerprint density at radius 3 is 3.05 bits per heavy atom. The monoisotopic (exact) mass is 288 g/mol. The van der Waals surface area contributed by atoms with Gasteiger partial charge in [0, 0.05) is 32.1 Å². The van der Waals surface area contributed by atoms with Gasteiger partial charge >= 0.3 is 0 Å². The van der Waals surface area contributed by atoms with Crippen molar-refractivity contribution in [3.63, 3.8) is 0 Å². The second kappa shape index (κ2) is 10.5. The van der Waals surface area contributed by atoms with E-state index in [4.69, 9.17) is 4.74 Å². The maximum Gasteiger partial charge on any atom is 0.234 e. The predicted octanol–water partition coefficient (Wildman–Crippen LogP) is 1.75. The van der Waals surface area contributed by atoms with Crippen LogP contribution in [-0.2, 0) is 9.53 Å². The number of likely N-dealkylation sites (tertiary alicyclic amines) is 1. The van der Waals surface area contributed by atoms with E-state index in [1.54, 1.807) is 7.11 Å². The first-order valence-corrected chi connectivity index (χ1v) is 8.40. The zero-order chi connectivity index (χ0) is 13.9. The molecule has 1 amide bonds. The summed E-state index contributed by atoms with van der Waals surface area (Å²) >= 11 is 2.03. The maximum absolute atomic E-state index is 11.9. The van der Waals surface area contributed by atoms with Crippen molar-refractivity contribution in [1.82, 2.24) is 10.2 Å². The van der Waals surface area contributed by atoms with Crippen molar-refractivity contribution in [3.8, 4) is 0 Å². The highest BCUT2D eigenvalue weighted by Crippen LogP contribution is 2.21. The summed E-state index contributed by atoms with van der Waals surface area (Å²) in [5, 5.41) is 3.67. The molecule has 1 N–H and O–H groups in total. The Kier molecular flexibility index (Phi) is 9.30. The Balaban J connectivity index is 2.23. The van der Waals surface area contributed by atoms with Crippen molar-refractivity contribution < 1.29 is 9.53 Å². The van der Waals surface area contributed by atoms with Crippen molar-refractivity contribution >= 4 is 17.7 Å². The van der Waals surface area contributed by atoms with Gasteiger partial charge in [-0.15, -0.1) is 0 Å². The number of nitrogens with one attached hydrogen (secondary N) is 1. The van der Waals surface area contributed by atoms with Gasteiger partial charge in [0.25, 0.3) is 0 Å². The third kappa shape index (κ3) is 7.80. The van der Waals surface area contributed by atoms with Crippen LogP contribution in [0.15, 0.2) is 0 Å². The second-order valence-electron chi connectivity index (χ2n) is 5.00. The first-order chi connectivity index (χ1) is 9.26. The van der Waals surface area contributed by atoms with Crippen LogP contribution >= 0.6 is 11.8 Å². The van der Waals surface area contributed by atoms with Gasteiger partial charge in [0.2, 0.25) is 5.91 Å². The lowest BCUT2D eigenvalue weighted by atomic mass is 10.2. The third-order valence-electron chi connectivity index (χ3n) is 3.33. The summed E-state index contributed by atoms with van der Waals surface area (Å²) in [5.74, 6) is 1.32. The number of ether oxygens (including phenoxy) is 1. The zero-order valence-corrected chi connectivity index (χ0v) is 13.1. The highest BCUT2D eigenvalue weighted by Gasteiger charge is 2.19. The minimum atomic E-state index is 0.151. The summed E-state index contributed by atoms with van der Waals surface area (Å²) in [6.45, 7) is 6.30. The number of nitrogens with zero attached hydrogens (tertiary/aromatic N) is 1. The fraction of sp³-hybridized carbons (Fsp3) is 0.929. The number of methoxy groups -OCH3 is 1. The average molecular weight is 288 g/mol. The predicted molar refractivity (Wildman–Crippen MR) is 81.7 cm³/mol. The quantitative estimate of drug-likeness (QED) is 0.691. The largest absolute Gasteiger partial charge is 0.385 e. The van der Waals surface area contributed by atoms with E-state index in [-0.39, 0.29) is 5.91 Å². The van der Waals surface area contributed by atoms with Crippen LogP contribution in [0.1, 0.15) is 32.6 Å². The number of hydrogen-bond acceptors (Lipinski definition) is 4. The molecule has 1 aliphatic heterocycles. The lowest BCUT2D eigenvalue weighted by Gasteiger charge is -2.23. The van der Waals surface area contributed by atoms with Gasteiger partial charge in [0.1, 0.15) is 0 Å². The maximum atomic E-state index is 11.9. The van der Waals surface area contributed by atoms with Crippen molar-refractivity contribution in [3.05, 3.63) is 0 Å². The van der Waals surface area contributed by atoms with E-state index in [0.29, 0.717) is 24.9 Å². The van der Waals surface area contributed by atoms with Crippen molar-refractivity contribution in [2.24, 2.45) is 0 Å². The van der Waals surface area contributed by atoms with Crippen molar-refractivity contribution in [1.29, 1.82) is 0 Å². The molecule has 0 saturated carbocycles. The molecule has 19 heavy (non-hydrogen) atoms. The summed E-state index contributed by atoms with van der Waals surface area (Å²) in [7, 11) is 1.69. The molecular formula is C14H28N2O2S. The first-order valence-electron chi connectivity index (χ1n) is 7.35. The Morgan fingerprint density at radius 1 is 1.47 bits per heavy atom. The van der Waals surface area contributed by atoms with E-state index < -0.39 is 0 Å². The molecule has 0 aromatic heterocycles. The van der Waals surface area contributed by atoms with Gasteiger partial charge in [-0.3, -0.25) is 9.69 Å². The molecule has 1 atom stereocenters. The topological polar surface area (TPSA) is 41.6 Å². The van der Waals surface area contributed by atoms with E-state index >= 15 is 0 Å². The summed E-state index contributed by atoms with van der Waals surface area (Å²) in [5.41, 5.74) is 0.